The van der Waals surface area contributed by atoms with Gasteiger partial charge in [0.05, 0.1) is 18.2 Å². The Morgan fingerprint density at radius 2 is 1.86 bits per heavy atom. The van der Waals surface area contributed by atoms with E-state index in [4.69, 9.17) is 10.5 Å². The van der Waals surface area contributed by atoms with Gasteiger partial charge < -0.3 is 15.2 Å². The number of hydrogen-bond donors (Lipinski definition) is 1. The molecule has 0 aromatic heterocycles. The number of halogens is 3. The van der Waals surface area contributed by atoms with Crippen molar-refractivity contribution in [3.63, 3.8) is 0 Å². The van der Waals surface area contributed by atoms with Crippen LogP contribution < -0.4 is 10.5 Å². The van der Waals surface area contributed by atoms with E-state index in [9.17, 15) is 13.2 Å². The maximum absolute atomic E-state index is 12.6. The zero-order valence-electron chi connectivity index (χ0n) is 12.6. The zero-order chi connectivity index (χ0) is 16.3. The summed E-state index contributed by atoms with van der Waals surface area (Å²) in [5, 5.41) is 0. The molecule has 3 atom stereocenters. The third kappa shape index (κ3) is 4.34. The molecule has 7 heteroatoms. The van der Waals surface area contributed by atoms with Gasteiger partial charge in [-0.05, 0) is 19.9 Å². The normalized spacial score (nSPS) is 25.0. The Bertz CT molecular complexity index is 486. The molecule has 2 N–H and O–H groups in total. The van der Waals surface area contributed by atoms with Crippen LogP contribution in [0, 0.1) is 0 Å². The summed E-state index contributed by atoms with van der Waals surface area (Å²) in [6, 6.07) is 5.81. The molecule has 0 unspecified atom stereocenters. The highest BCUT2D eigenvalue weighted by Crippen LogP contribution is 2.33. The number of hydrogen-bond acceptors (Lipinski definition) is 4. The summed E-state index contributed by atoms with van der Waals surface area (Å²) in [5.41, 5.74) is 6.29. The maximum Gasteiger partial charge on any atom is 0.573 e. The van der Waals surface area contributed by atoms with E-state index < -0.39 is 6.36 Å². The number of para-hydroxylation sites is 1. The first-order chi connectivity index (χ1) is 10.3. The molecule has 0 radical (unpaired) electrons. The Morgan fingerprint density at radius 1 is 1.27 bits per heavy atom. The molecule has 2 rings (SSSR count). The summed E-state index contributed by atoms with van der Waals surface area (Å²) >= 11 is 0. The molecule has 124 valence electrons. The van der Waals surface area contributed by atoms with E-state index in [2.05, 4.69) is 9.64 Å². The van der Waals surface area contributed by atoms with Gasteiger partial charge in [-0.1, -0.05) is 18.2 Å². The monoisotopic (exact) mass is 318 g/mol. The Balaban J connectivity index is 2.27. The lowest BCUT2D eigenvalue weighted by molar-refractivity contribution is -0.275. The molecule has 0 bridgehead atoms. The molecular formula is C15H21F3N2O2. The van der Waals surface area contributed by atoms with Crippen molar-refractivity contribution >= 4 is 0 Å². The van der Waals surface area contributed by atoms with Gasteiger partial charge in [0.15, 0.2) is 0 Å². The molecule has 0 saturated carbocycles. The van der Waals surface area contributed by atoms with E-state index in [0.717, 1.165) is 0 Å². The van der Waals surface area contributed by atoms with Crippen LogP contribution in [0.4, 0.5) is 13.2 Å². The third-order valence-electron chi connectivity index (χ3n) is 3.62. The van der Waals surface area contributed by atoms with Crippen LogP contribution in [-0.4, -0.2) is 43.1 Å². The smallest absolute Gasteiger partial charge is 0.405 e. The summed E-state index contributed by atoms with van der Waals surface area (Å²) in [7, 11) is 0. The lowest BCUT2D eigenvalue weighted by Crippen LogP contribution is -2.48. The fourth-order valence-electron chi connectivity index (χ4n) is 2.92. The van der Waals surface area contributed by atoms with E-state index in [1.165, 1.54) is 12.1 Å². The number of rotatable bonds is 4. The Morgan fingerprint density at radius 3 is 2.41 bits per heavy atom. The second kappa shape index (κ2) is 6.85. The van der Waals surface area contributed by atoms with Crippen LogP contribution in [0.15, 0.2) is 24.3 Å². The van der Waals surface area contributed by atoms with Crippen LogP contribution in [0.3, 0.4) is 0 Å². The zero-order valence-corrected chi connectivity index (χ0v) is 12.6. The van der Waals surface area contributed by atoms with Gasteiger partial charge in [0.25, 0.3) is 0 Å². The molecule has 1 heterocycles. The molecule has 0 spiro atoms. The fraction of sp³-hybridized carbons (Fsp3) is 0.600. The molecule has 0 aliphatic carbocycles. The Kier molecular flexibility index (Phi) is 5.31. The second-order valence-electron chi connectivity index (χ2n) is 5.55. The van der Waals surface area contributed by atoms with Crippen LogP contribution in [0.1, 0.15) is 25.5 Å². The van der Waals surface area contributed by atoms with Gasteiger partial charge in [0.2, 0.25) is 0 Å². The van der Waals surface area contributed by atoms with Crippen molar-refractivity contribution in [2.24, 2.45) is 5.73 Å². The molecular weight excluding hydrogens is 297 g/mol. The molecule has 0 amide bonds. The van der Waals surface area contributed by atoms with Crippen molar-refractivity contribution < 1.29 is 22.6 Å². The number of ether oxygens (including phenoxy) is 2. The number of alkyl halides is 3. The summed E-state index contributed by atoms with van der Waals surface area (Å²) in [5.74, 6) is -0.197. The highest BCUT2D eigenvalue weighted by Gasteiger charge is 2.35. The first-order valence-electron chi connectivity index (χ1n) is 7.24. The number of morpholine rings is 1. The molecule has 1 aliphatic rings. The van der Waals surface area contributed by atoms with Crippen LogP contribution in [0.25, 0.3) is 0 Å². The molecule has 1 saturated heterocycles. The van der Waals surface area contributed by atoms with Gasteiger partial charge in [0, 0.05) is 25.2 Å². The van der Waals surface area contributed by atoms with Crippen LogP contribution in [0.5, 0.6) is 5.75 Å². The summed E-state index contributed by atoms with van der Waals surface area (Å²) < 4.78 is 47.5. The van der Waals surface area contributed by atoms with Crippen molar-refractivity contribution in [2.45, 2.75) is 38.5 Å². The lowest BCUT2D eigenvalue weighted by atomic mass is 10.0. The molecule has 22 heavy (non-hydrogen) atoms. The average molecular weight is 318 g/mol. The van der Waals surface area contributed by atoms with E-state index in [1.807, 2.05) is 13.8 Å². The molecule has 1 aromatic carbocycles. The van der Waals surface area contributed by atoms with Gasteiger partial charge in [-0.15, -0.1) is 13.2 Å². The molecule has 1 aliphatic heterocycles. The van der Waals surface area contributed by atoms with Crippen molar-refractivity contribution in [2.75, 3.05) is 19.6 Å². The van der Waals surface area contributed by atoms with Crippen LogP contribution in [-0.2, 0) is 4.74 Å². The van der Waals surface area contributed by atoms with Crippen molar-refractivity contribution in [1.82, 2.24) is 4.90 Å². The second-order valence-corrected chi connectivity index (χ2v) is 5.55. The lowest BCUT2D eigenvalue weighted by Gasteiger charge is -2.40. The van der Waals surface area contributed by atoms with Crippen molar-refractivity contribution in [1.29, 1.82) is 0 Å². The minimum absolute atomic E-state index is 0.00787. The van der Waals surface area contributed by atoms with E-state index in [-0.39, 0.29) is 30.5 Å². The summed E-state index contributed by atoms with van der Waals surface area (Å²) in [6.45, 7) is 5.32. The SMILES string of the molecule is C[C@@H]1CN([C@H](CN)c2ccccc2OC(F)(F)F)C[C@@H](C)O1. The number of nitrogens with zero attached hydrogens (tertiary/aromatic N) is 1. The molecule has 1 aromatic rings. The Hall–Kier alpha value is -1.31. The molecule has 4 nitrogen and oxygen atoms in total. The van der Waals surface area contributed by atoms with Crippen molar-refractivity contribution in [3.8, 4) is 5.75 Å². The molecule has 1 fully saturated rings. The van der Waals surface area contributed by atoms with Crippen LogP contribution >= 0.6 is 0 Å². The third-order valence-corrected chi connectivity index (χ3v) is 3.62. The first-order valence-corrected chi connectivity index (χ1v) is 7.24. The van der Waals surface area contributed by atoms with E-state index in [1.54, 1.807) is 12.1 Å². The summed E-state index contributed by atoms with van der Waals surface area (Å²) in [4.78, 5) is 2.05. The number of nitrogens with two attached hydrogens (primary N) is 1. The Labute approximate surface area is 128 Å². The van der Waals surface area contributed by atoms with Gasteiger partial charge in [-0.25, -0.2) is 0 Å². The van der Waals surface area contributed by atoms with E-state index in [0.29, 0.717) is 18.7 Å². The quantitative estimate of drug-likeness (QED) is 0.927. The highest BCUT2D eigenvalue weighted by molar-refractivity contribution is 5.36. The largest absolute Gasteiger partial charge is 0.573 e. The van der Waals surface area contributed by atoms with Gasteiger partial charge in [-0.3, -0.25) is 4.90 Å². The topological polar surface area (TPSA) is 47.7 Å². The van der Waals surface area contributed by atoms with Gasteiger partial charge >= 0.3 is 6.36 Å². The van der Waals surface area contributed by atoms with Gasteiger partial charge in [-0.2, -0.15) is 0 Å². The first kappa shape index (κ1) is 17.1. The maximum atomic E-state index is 12.6. The van der Waals surface area contributed by atoms with Crippen molar-refractivity contribution in [3.05, 3.63) is 29.8 Å². The van der Waals surface area contributed by atoms with Crippen LogP contribution in [0.2, 0.25) is 0 Å². The minimum atomic E-state index is -4.72. The minimum Gasteiger partial charge on any atom is -0.405 e. The predicted octanol–water partition coefficient (Wildman–Crippen LogP) is 2.69. The van der Waals surface area contributed by atoms with Gasteiger partial charge in [0.1, 0.15) is 5.75 Å². The standard InChI is InChI=1S/C15H21F3N2O2/c1-10-8-20(9-11(2)21-10)13(7-19)12-5-3-4-6-14(12)22-15(16,17)18/h3-6,10-11,13H,7-9,19H2,1-2H3/t10-,11-,13-/m1/s1. The average Bonchev–Trinajstić information content (AvgIpc) is 2.38. The summed E-state index contributed by atoms with van der Waals surface area (Å²) in [6.07, 6.45) is -4.71. The fourth-order valence-corrected chi connectivity index (χ4v) is 2.92. The van der Waals surface area contributed by atoms with E-state index >= 15 is 0 Å². The number of benzene rings is 1. The predicted molar refractivity (Wildman–Crippen MR) is 76.5 cm³/mol. The highest BCUT2D eigenvalue weighted by atomic mass is 19.4.